The summed E-state index contributed by atoms with van der Waals surface area (Å²) in [6, 6.07) is 6.69. The van der Waals surface area contributed by atoms with Crippen molar-refractivity contribution in [1.29, 1.82) is 0 Å². The van der Waals surface area contributed by atoms with Gasteiger partial charge in [-0.1, -0.05) is 34.8 Å². The molecule has 0 saturated carbocycles. The summed E-state index contributed by atoms with van der Waals surface area (Å²) in [5, 5.41) is 5.76. The maximum atomic E-state index is 12.3. The number of amides is 1. The van der Waals surface area contributed by atoms with Crippen LogP contribution in [-0.4, -0.2) is 55.1 Å². The fraction of sp³-hybridized carbons (Fsp3) is 0.533. The zero-order valence-electron chi connectivity index (χ0n) is 13.4. The van der Waals surface area contributed by atoms with Gasteiger partial charge in [0.2, 0.25) is 3.79 Å². The fourth-order valence-electron chi connectivity index (χ4n) is 1.85. The van der Waals surface area contributed by atoms with E-state index in [0.717, 1.165) is 13.0 Å². The first kappa shape index (κ1) is 20.3. The average molecular weight is 383 g/mol. The highest BCUT2D eigenvalue weighted by atomic mass is 35.6. The minimum absolute atomic E-state index is 0.330. The number of alkyl halides is 3. The van der Waals surface area contributed by atoms with Crippen molar-refractivity contribution >= 4 is 40.7 Å². The molecule has 1 aromatic rings. The molecule has 23 heavy (non-hydrogen) atoms. The lowest BCUT2D eigenvalue weighted by molar-refractivity contribution is 0.0929. The van der Waals surface area contributed by atoms with E-state index in [-0.39, 0.29) is 5.91 Å². The molecule has 0 radical (unpaired) electrons. The van der Waals surface area contributed by atoms with Gasteiger partial charge in [-0.2, -0.15) is 0 Å². The van der Waals surface area contributed by atoms with Crippen molar-refractivity contribution in [1.82, 2.24) is 15.5 Å². The highest BCUT2D eigenvalue weighted by molar-refractivity contribution is 6.68. The van der Waals surface area contributed by atoms with Crippen LogP contribution in [-0.2, 0) is 0 Å². The highest BCUT2D eigenvalue weighted by Crippen LogP contribution is 2.29. The molecule has 0 heterocycles. The number of nitrogens with zero attached hydrogens (tertiary/aromatic N) is 1. The highest BCUT2D eigenvalue weighted by Gasteiger charge is 2.33. The van der Waals surface area contributed by atoms with E-state index in [1.807, 2.05) is 14.1 Å². The van der Waals surface area contributed by atoms with Crippen molar-refractivity contribution in [3.05, 3.63) is 29.8 Å². The lowest BCUT2D eigenvalue weighted by atomic mass is 10.2. The molecule has 0 aliphatic rings. The number of carbonyl (C=O) groups excluding carboxylic acids is 1. The molecule has 8 heteroatoms. The largest absolute Gasteiger partial charge is 0.497 e. The molecule has 130 valence electrons. The molecule has 1 amide bonds. The molecular formula is C15H22Cl3N3O2. The Bertz CT molecular complexity index is 490. The third-order valence-corrected chi connectivity index (χ3v) is 3.74. The molecule has 0 saturated heterocycles. The minimum Gasteiger partial charge on any atom is -0.497 e. The van der Waals surface area contributed by atoms with E-state index in [4.69, 9.17) is 39.5 Å². The van der Waals surface area contributed by atoms with E-state index >= 15 is 0 Å². The van der Waals surface area contributed by atoms with Crippen molar-refractivity contribution in [3.8, 4) is 5.75 Å². The molecule has 1 rings (SSSR count). The molecule has 0 aliphatic heterocycles. The Morgan fingerprint density at radius 3 is 2.35 bits per heavy atom. The van der Waals surface area contributed by atoms with Gasteiger partial charge >= 0.3 is 0 Å². The number of ether oxygens (including phenoxy) is 1. The van der Waals surface area contributed by atoms with Gasteiger partial charge in [-0.05, 0) is 57.9 Å². The number of nitrogens with one attached hydrogen (secondary N) is 2. The van der Waals surface area contributed by atoms with E-state index in [1.54, 1.807) is 31.4 Å². The Morgan fingerprint density at radius 1 is 1.26 bits per heavy atom. The number of methoxy groups -OCH3 is 1. The molecular weight excluding hydrogens is 361 g/mol. The number of rotatable bonds is 8. The predicted octanol–water partition coefficient (Wildman–Crippen LogP) is 2.66. The number of carbonyl (C=O) groups is 1. The van der Waals surface area contributed by atoms with Gasteiger partial charge in [0.25, 0.3) is 5.91 Å². The SMILES string of the molecule is COc1ccc(C(=O)NC(NCCCN(C)C)C(Cl)(Cl)Cl)cc1. The van der Waals surface area contributed by atoms with Crippen LogP contribution >= 0.6 is 34.8 Å². The van der Waals surface area contributed by atoms with Crippen LogP contribution in [0.15, 0.2) is 24.3 Å². The van der Waals surface area contributed by atoms with Gasteiger partial charge in [0, 0.05) is 5.56 Å². The Hall–Kier alpha value is -0.720. The van der Waals surface area contributed by atoms with Gasteiger partial charge < -0.3 is 15.0 Å². The maximum absolute atomic E-state index is 12.3. The molecule has 0 fully saturated rings. The number of halogens is 3. The number of hydrogen-bond donors (Lipinski definition) is 2. The molecule has 1 atom stereocenters. The first-order valence-electron chi connectivity index (χ1n) is 7.14. The summed E-state index contributed by atoms with van der Waals surface area (Å²) in [5.74, 6) is 0.338. The van der Waals surface area contributed by atoms with Crippen LogP contribution < -0.4 is 15.4 Å². The average Bonchev–Trinajstić information content (AvgIpc) is 2.48. The molecule has 1 unspecified atom stereocenters. The summed E-state index contributed by atoms with van der Waals surface area (Å²) in [7, 11) is 5.53. The van der Waals surface area contributed by atoms with Crippen molar-refractivity contribution < 1.29 is 9.53 Å². The standard InChI is InChI=1S/C15H22Cl3N3O2/c1-21(2)10-4-9-19-14(15(16,17)18)20-13(22)11-5-7-12(23-3)8-6-11/h5-8,14,19H,4,9-10H2,1-3H3,(H,20,22). The second-order valence-electron chi connectivity index (χ2n) is 5.29. The second-order valence-corrected chi connectivity index (χ2v) is 7.66. The van der Waals surface area contributed by atoms with E-state index in [9.17, 15) is 4.79 Å². The van der Waals surface area contributed by atoms with E-state index < -0.39 is 9.96 Å². The molecule has 1 aromatic carbocycles. The first-order valence-corrected chi connectivity index (χ1v) is 8.27. The topological polar surface area (TPSA) is 53.6 Å². The Balaban J connectivity index is 2.63. The molecule has 0 bridgehead atoms. The minimum atomic E-state index is -1.65. The van der Waals surface area contributed by atoms with Gasteiger partial charge in [0.15, 0.2) is 0 Å². The normalized spacial score (nSPS) is 13.0. The van der Waals surface area contributed by atoms with Crippen molar-refractivity contribution in [2.24, 2.45) is 0 Å². The summed E-state index contributed by atoms with van der Waals surface area (Å²) < 4.78 is 3.41. The summed E-state index contributed by atoms with van der Waals surface area (Å²) >= 11 is 17.8. The quantitative estimate of drug-likeness (QED) is 0.412. The molecule has 0 aliphatic carbocycles. The zero-order valence-corrected chi connectivity index (χ0v) is 15.7. The van der Waals surface area contributed by atoms with Crippen molar-refractivity contribution in [3.63, 3.8) is 0 Å². The van der Waals surface area contributed by atoms with E-state index in [1.165, 1.54) is 0 Å². The zero-order chi connectivity index (χ0) is 17.5. The van der Waals surface area contributed by atoms with Crippen molar-refractivity contribution in [2.75, 3.05) is 34.3 Å². The third kappa shape index (κ3) is 7.59. The smallest absolute Gasteiger partial charge is 0.252 e. The summed E-state index contributed by atoms with van der Waals surface area (Å²) in [6.07, 6.45) is 0.0760. The van der Waals surface area contributed by atoms with Crippen LogP contribution in [0.3, 0.4) is 0 Å². The van der Waals surface area contributed by atoms with E-state index in [0.29, 0.717) is 17.9 Å². The Kier molecular flexibility index (Phi) is 8.44. The predicted molar refractivity (Wildman–Crippen MR) is 95.7 cm³/mol. The summed E-state index contributed by atoms with van der Waals surface area (Å²) in [6.45, 7) is 1.51. The fourth-order valence-corrected chi connectivity index (χ4v) is 2.24. The van der Waals surface area contributed by atoms with Gasteiger partial charge in [0.1, 0.15) is 11.9 Å². The summed E-state index contributed by atoms with van der Waals surface area (Å²) in [5.41, 5.74) is 0.458. The van der Waals surface area contributed by atoms with Crippen LogP contribution in [0.1, 0.15) is 16.8 Å². The second kappa shape index (κ2) is 9.55. The number of hydrogen-bond acceptors (Lipinski definition) is 4. The van der Waals surface area contributed by atoms with Gasteiger partial charge in [-0.25, -0.2) is 0 Å². The molecule has 0 spiro atoms. The van der Waals surface area contributed by atoms with Crippen LogP contribution in [0.5, 0.6) is 5.75 Å². The molecule has 2 N–H and O–H groups in total. The van der Waals surface area contributed by atoms with E-state index in [2.05, 4.69) is 15.5 Å². The molecule has 5 nitrogen and oxygen atoms in total. The van der Waals surface area contributed by atoms with Crippen molar-refractivity contribution in [2.45, 2.75) is 16.4 Å². The van der Waals surface area contributed by atoms with Crippen LogP contribution in [0.4, 0.5) is 0 Å². The maximum Gasteiger partial charge on any atom is 0.252 e. The monoisotopic (exact) mass is 381 g/mol. The first-order chi connectivity index (χ1) is 10.7. The van der Waals surface area contributed by atoms with Gasteiger partial charge in [0.05, 0.1) is 7.11 Å². The lowest BCUT2D eigenvalue weighted by Gasteiger charge is -2.27. The Morgan fingerprint density at radius 2 is 1.87 bits per heavy atom. The number of benzene rings is 1. The van der Waals surface area contributed by atoms with Gasteiger partial charge in [-0.15, -0.1) is 0 Å². The van der Waals surface area contributed by atoms with Crippen LogP contribution in [0, 0.1) is 0 Å². The third-order valence-electron chi connectivity index (χ3n) is 3.09. The van der Waals surface area contributed by atoms with Crippen LogP contribution in [0.25, 0.3) is 0 Å². The molecule has 0 aromatic heterocycles. The summed E-state index contributed by atoms with van der Waals surface area (Å²) in [4.78, 5) is 14.3. The van der Waals surface area contributed by atoms with Gasteiger partial charge in [-0.3, -0.25) is 10.1 Å². The van der Waals surface area contributed by atoms with Crippen LogP contribution in [0.2, 0.25) is 0 Å². The lowest BCUT2D eigenvalue weighted by Crippen LogP contribution is -2.53. The Labute approximate surface area is 152 Å².